The van der Waals surface area contributed by atoms with E-state index in [0.717, 1.165) is 6.39 Å². The minimum absolute atomic E-state index is 0.298. The van der Waals surface area contributed by atoms with Crippen molar-refractivity contribution >= 4 is 22.6 Å². The third-order valence-corrected chi connectivity index (χ3v) is 1.76. The fourth-order valence-electron chi connectivity index (χ4n) is 0.971. The van der Waals surface area contributed by atoms with E-state index in [2.05, 4.69) is 4.98 Å². The number of hydrogen-bond acceptors (Lipinski definition) is 3. The summed E-state index contributed by atoms with van der Waals surface area (Å²) in [6.45, 7) is 0. The lowest BCUT2D eigenvalue weighted by Gasteiger charge is -1.93. The molecule has 1 heterocycles. The predicted molar refractivity (Wildman–Crippen MR) is 45.3 cm³/mol. The molecular formula is C8H4ClNO2. The van der Waals surface area contributed by atoms with Crippen molar-refractivity contribution in [2.45, 2.75) is 0 Å². The van der Waals surface area contributed by atoms with E-state index in [0.29, 0.717) is 16.0 Å². The molecule has 1 aromatic heterocycles. The zero-order valence-electron chi connectivity index (χ0n) is 5.95. The second-order valence-electron chi connectivity index (χ2n) is 2.30. The first-order valence-electron chi connectivity index (χ1n) is 3.30. The molecular weight excluding hydrogens is 178 g/mol. The molecule has 0 spiro atoms. The highest BCUT2D eigenvalue weighted by molar-refractivity contribution is 6.31. The van der Waals surface area contributed by atoms with E-state index >= 15 is 0 Å². The topological polar surface area (TPSA) is 43.1 Å². The highest BCUT2D eigenvalue weighted by Gasteiger charge is 1.99. The molecule has 2 rings (SSSR count). The van der Waals surface area contributed by atoms with Crippen LogP contribution in [0.2, 0.25) is 5.02 Å². The molecule has 4 heteroatoms. The lowest BCUT2D eigenvalue weighted by Crippen LogP contribution is -2.03. The van der Waals surface area contributed by atoms with Crippen molar-refractivity contribution in [3.63, 3.8) is 0 Å². The Labute approximate surface area is 72.6 Å². The van der Waals surface area contributed by atoms with Gasteiger partial charge in [0.25, 0.3) is 5.56 Å². The zero-order valence-corrected chi connectivity index (χ0v) is 6.71. The zero-order chi connectivity index (χ0) is 8.55. The summed E-state index contributed by atoms with van der Waals surface area (Å²) in [5.74, 6) is 0. The van der Waals surface area contributed by atoms with Crippen LogP contribution in [0.3, 0.4) is 0 Å². The van der Waals surface area contributed by atoms with E-state index in [-0.39, 0.29) is 5.56 Å². The van der Waals surface area contributed by atoms with E-state index in [1.165, 1.54) is 0 Å². The summed E-state index contributed by atoms with van der Waals surface area (Å²) in [6.07, 6.45) is 1.11. The first-order chi connectivity index (χ1) is 5.77. The van der Waals surface area contributed by atoms with Gasteiger partial charge in [-0.25, -0.2) is 0 Å². The van der Waals surface area contributed by atoms with E-state index < -0.39 is 0 Å². The normalized spacial score (nSPS) is 10.4. The number of halogens is 1. The maximum absolute atomic E-state index is 11.1. The number of rotatable bonds is 0. The molecule has 0 bridgehead atoms. The highest BCUT2D eigenvalue weighted by Crippen LogP contribution is 2.15. The molecule has 0 saturated heterocycles. The van der Waals surface area contributed by atoms with Crippen LogP contribution in [0, 0.1) is 0 Å². The first-order valence-corrected chi connectivity index (χ1v) is 3.68. The number of hydrogen-bond donors (Lipinski definition) is 0. The van der Waals surface area contributed by atoms with Gasteiger partial charge in [0.1, 0.15) is 5.58 Å². The average molecular weight is 182 g/mol. The van der Waals surface area contributed by atoms with Crippen LogP contribution in [0.25, 0.3) is 11.0 Å². The van der Waals surface area contributed by atoms with Crippen molar-refractivity contribution < 1.29 is 4.42 Å². The van der Waals surface area contributed by atoms with Gasteiger partial charge in [0.15, 0.2) is 6.39 Å². The van der Waals surface area contributed by atoms with Crippen molar-refractivity contribution in [1.29, 1.82) is 0 Å². The number of aromatic nitrogens is 1. The van der Waals surface area contributed by atoms with Crippen LogP contribution in [-0.4, -0.2) is 4.98 Å². The molecule has 12 heavy (non-hydrogen) atoms. The molecule has 0 aliphatic rings. The van der Waals surface area contributed by atoms with E-state index in [4.69, 9.17) is 16.0 Å². The lowest BCUT2D eigenvalue weighted by atomic mass is 10.2. The van der Waals surface area contributed by atoms with Crippen molar-refractivity contribution in [1.82, 2.24) is 4.98 Å². The molecule has 2 aromatic rings. The summed E-state index contributed by atoms with van der Waals surface area (Å²) in [5, 5.41) is 0.985. The second kappa shape index (κ2) is 2.60. The van der Waals surface area contributed by atoms with Crippen molar-refractivity contribution in [3.8, 4) is 0 Å². The van der Waals surface area contributed by atoms with Crippen LogP contribution >= 0.6 is 11.6 Å². The van der Waals surface area contributed by atoms with Gasteiger partial charge in [0.05, 0.1) is 5.39 Å². The predicted octanol–water partition coefficient (Wildman–Crippen LogP) is 1.84. The number of nitrogens with zero attached hydrogens (tertiary/aromatic N) is 1. The van der Waals surface area contributed by atoms with Crippen LogP contribution in [-0.2, 0) is 0 Å². The fraction of sp³-hybridized carbons (Fsp3) is 0. The van der Waals surface area contributed by atoms with Gasteiger partial charge in [0, 0.05) is 11.1 Å². The SMILES string of the molecule is O=c1ncoc2cc(Cl)ccc12. The number of fused-ring (bicyclic) bond motifs is 1. The van der Waals surface area contributed by atoms with Crippen LogP contribution in [0.15, 0.2) is 33.8 Å². The Kier molecular flexibility index (Phi) is 1.59. The second-order valence-corrected chi connectivity index (χ2v) is 2.73. The summed E-state index contributed by atoms with van der Waals surface area (Å²) in [7, 11) is 0. The van der Waals surface area contributed by atoms with Gasteiger partial charge < -0.3 is 4.42 Å². The van der Waals surface area contributed by atoms with Crippen molar-refractivity contribution in [2.75, 3.05) is 0 Å². The molecule has 60 valence electrons. The maximum Gasteiger partial charge on any atom is 0.283 e. The van der Waals surface area contributed by atoms with E-state index in [1.54, 1.807) is 18.2 Å². The fourth-order valence-corrected chi connectivity index (χ4v) is 1.13. The molecule has 0 saturated carbocycles. The summed E-state index contributed by atoms with van der Waals surface area (Å²) in [6, 6.07) is 4.80. The lowest BCUT2D eigenvalue weighted by molar-refractivity contribution is 0.576. The molecule has 0 unspecified atom stereocenters. The summed E-state index contributed by atoms with van der Waals surface area (Å²) < 4.78 is 4.98. The smallest absolute Gasteiger partial charge is 0.283 e. The molecule has 3 nitrogen and oxygen atoms in total. The highest BCUT2D eigenvalue weighted by atomic mass is 35.5. The molecule has 0 fully saturated rings. The van der Waals surface area contributed by atoms with Crippen LogP contribution < -0.4 is 5.56 Å². The van der Waals surface area contributed by atoms with Crippen LogP contribution in [0.1, 0.15) is 0 Å². The van der Waals surface area contributed by atoms with Crippen LogP contribution in [0.4, 0.5) is 0 Å². The average Bonchev–Trinajstić information content (AvgIpc) is 2.04. The van der Waals surface area contributed by atoms with Crippen molar-refractivity contribution in [3.05, 3.63) is 40.0 Å². The molecule has 0 N–H and O–H groups in total. The Balaban J connectivity index is 2.96. The third kappa shape index (κ3) is 1.08. The Morgan fingerprint density at radius 1 is 1.42 bits per heavy atom. The Hall–Kier alpha value is -1.35. The monoisotopic (exact) mass is 181 g/mol. The Bertz CT molecular complexity index is 478. The van der Waals surface area contributed by atoms with Gasteiger partial charge in [-0.1, -0.05) is 11.6 Å². The van der Waals surface area contributed by atoms with Gasteiger partial charge >= 0.3 is 0 Å². The Morgan fingerprint density at radius 2 is 2.25 bits per heavy atom. The van der Waals surface area contributed by atoms with Gasteiger partial charge in [-0.05, 0) is 12.1 Å². The largest absolute Gasteiger partial charge is 0.445 e. The van der Waals surface area contributed by atoms with Gasteiger partial charge in [-0.3, -0.25) is 4.79 Å². The Morgan fingerprint density at radius 3 is 3.08 bits per heavy atom. The van der Waals surface area contributed by atoms with Crippen LogP contribution in [0.5, 0.6) is 0 Å². The van der Waals surface area contributed by atoms with Gasteiger partial charge in [-0.15, -0.1) is 0 Å². The van der Waals surface area contributed by atoms with Gasteiger partial charge in [0.2, 0.25) is 0 Å². The summed E-state index contributed by atoms with van der Waals surface area (Å²) in [4.78, 5) is 14.5. The molecule has 0 aliphatic carbocycles. The minimum atomic E-state index is -0.298. The maximum atomic E-state index is 11.1. The quantitative estimate of drug-likeness (QED) is 0.623. The summed E-state index contributed by atoms with van der Waals surface area (Å²) in [5.41, 5.74) is 0.162. The first kappa shape index (κ1) is 7.31. The van der Waals surface area contributed by atoms with Crippen molar-refractivity contribution in [2.24, 2.45) is 0 Å². The molecule has 0 radical (unpaired) electrons. The number of benzene rings is 1. The van der Waals surface area contributed by atoms with E-state index in [9.17, 15) is 4.79 Å². The molecule has 0 atom stereocenters. The summed E-state index contributed by atoms with van der Waals surface area (Å²) >= 11 is 5.69. The third-order valence-electron chi connectivity index (χ3n) is 1.52. The standard InChI is InChI=1S/C8H4ClNO2/c9-5-1-2-6-7(3-5)12-4-10-8(6)11/h1-4H. The van der Waals surface area contributed by atoms with Gasteiger partial charge in [-0.2, -0.15) is 4.98 Å². The molecule has 1 aromatic carbocycles. The van der Waals surface area contributed by atoms with E-state index in [1.807, 2.05) is 0 Å². The molecule has 0 aliphatic heterocycles. The molecule has 0 amide bonds. The minimum Gasteiger partial charge on any atom is -0.445 e.